The predicted octanol–water partition coefficient (Wildman–Crippen LogP) is 1.84. The average Bonchev–Trinajstić information content (AvgIpc) is 2.82. The topological polar surface area (TPSA) is 94.1 Å². The normalized spacial score (nSPS) is 10.7. The number of hydrogen-bond acceptors (Lipinski definition) is 6. The first kappa shape index (κ1) is 14.5. The fourth-order valence-corrected chi connectivity index (χ4v) is 2.42. The third-order valence-electron chi connectivity index (χ3n) is 2.70. The van der Waals surface area contributed by atoms with Crippen LogP contribution in [0.25, 0.3) is 0 Å². The number of aliphatic hydroxyl groups is 1. The van der Waals surface area contributed by atoms with Gasteiger partial charge in [-0.15, -0.1) is 10.2 Å². The molecule has 1 aromatic heterocycles. The minimum absolute atomic E-state index is 0.0584. The lowest BCUT2D eigenvalue weighted by Gasteiger charge is -2.08. The fraction of sp³-hybridized carbons (Fsp3) is 0.333. The number of nitro groups is 1. The van der Waals surface area contributed by atoms with E-state index in [1.807, 2.05) is 11.5 Å². The van der Waals surface area contributed by atoms with Crippen LogP contribution in [0.1, 0.15) is 18.3 Å². The highest BCUT2D eigenvalue weighted by molar-refractivity contribution is 7.99. The second-order valence-electron chi connectivity index (χ2n) is 4.00. The standard InChI is InChI=1S/C12H14N4O3S/c1-2-20-12-14-13-11(8-17)15(12)7-9-3-5-10(6-4-9)16(18)19/h3-6,17H,2,7-8H2,1H3. The number of benzene rings is 1. The van der Waals surface area contributed by atoms with Crippen molar-refractivity contribution in [2.24, 2.45) is 0 Å². The summed E-state index contributed by atoms with van der Waals surface area (Å²) in [6.07, 6.45) is 0. The van der Waals surface area contributed by atoms with Gasteiger partial charge < -0.3 is 5.11 Å². The maximum atomic E-state index is 10.6. The van der Waals surface area contributed by atoms with E-state index in [9.17, 15) is 15.2 Å². The van der Waals surface area contributed by atoms with Crippen molar-refractivity contribution in [3.8, 4) is 0 Å². The molecule has 106 valence electrons. The summed E-state index contributed by atoms with van der Waals surface area (Å²) in [5.74, 6) is 1.34. The van der Waals surface area contributed by atoms with E-state index in [0.717, 1.165) is 16.5 Å². The number of aromatic nitrogens is 3. The van der Waals surface area contributed by atoms with Gasteiger partial charge in [-0.3, -0.25) is 14.7 Å². The fourth-order valence-electron chi connectivity index (χ4n) is 1.74. The molecule has 1 N–H and O–H groups in total. The molecule has 0 saturated carbocycles. The van der Waals surface area contributed by atoms with Gasteiger partial charge in [-0.25, -0.2) is 0 Å². The van der Waals surface area contributed by atoms with Crippen LogP contribution in [0.4, 0.5) is 5.69 Å². The molecule has 0 bridgehead atoms. The summed E-state index contributed by atoms with van der Waals surface area (Å²) in [6, 6.07) is 6.31. The first-order chi connectivity index (χ1) is 9.65. The Labute approximate surface area is 119 Å². The van der Waals surface area contributed by atoms with Crippen molar-refractivity contribution in [2.75, 3.05) is 5.75 Å². The zero-order valence-corrected chi connectivity index (χ0v) is 11.7. The Hall–Kier alpha value is -1.93. The number of nitro benzene ring substituents is 1. The monoisotopic (exact) mass is 294 g/mol. The van der Waals surface area contributed by atoms with E-state index in [1.165, 1.54) is 23.9 Å². The van der Waals surface area contributed by atoms with E-state index in [-0.39, 0.29) is 12.3 Å². The van der Waals surface area contributed by atoms with Gasteiger partial charge >= 0.3 is 0 Å². The van der Waals surface area contributed by atoms with Crippen LogP contribution < -0.4 is 0 Å². The van der Waals surface area contributed by atoms with Crippen LogP contribution in [-0.2, 0) is 13.2 Å². The van der Waals surface area contributed by atoms with Gasteiger partial charge in [0.05, 0.1) is 11.5 Å². The van der Waals surface area contributed by atoms with Crippen molar-refractivity contribution in [1.82, 2.24) is 14.8 Å². The molecule has 0 unspecified atom stereocenters. The first-order valence-electron chi connectivity index (χ1n) is 6.04. The molecule has 0 aliphatic rings. The molecule has 1 heterocycles. The molecule has 0 saturated heterocycles. The summed E-state index contributed by atoms with van der Waals surface area (Å²) in [6.45, 7) is 2.29. The quantitative estimate of drug-likeness (QED) is 0.496. The zero-order chi connectivity index (χ0) is 14.5. The van der Waals surface area contributed by atoms with Gasteiger partial charge in [0.1, 0.15) is 6.61 Å². The highest BCUT2D eigenvalue weighted by atomic mass is 32.2. The van der Waals surface area contributed by atoms with Crippen LogP contribution in [0.3, 0.4) is 0 Å². The minimum atomic E-state index is -0.430. The molecule has 0 fully saturated rings. The lowest BCUT2D eigenvalue weighted by molar-refractivity contribution is -0.384. The van der Waals surface area contributed by atoms with Gasteiger partial charge in [-0.1, -0.05) is 30.8 Å². The second-order valence-corrected chi connectivity index (χ2v) is 5.23. The Balaban J connectivity index is 2.24. The highest BCUT2D eigenvalue weighted by Crippen LogP contribution is 2.19. The van der Waals surface area contributed by atoms with Crippen molar-refractivity contribution in [3.05, 3.63) is 45.8 Å². The minimum Gasteiger partial charge on any atom is -0.388 e. The van der Waals surface area contributed by atoms with Gasteiger partial charge in [0, 0.05) is 12.1 Å². The molecule has 8 heteroatoms. The molecule has 7 nitrogen and oxygen atoms in total. The molecule has 1 aromatic carbocycles. The van der Waals surface area contributed by atoms with Gasteiger partial charge in [0.25, 0.3) is 5.69 Å². The summed E-state index contributed by atoms with van der Waals surface area (Å²) < 4.78 is 1.81. The third-order valence-corrected chi connectivity index (χ3v) is 3.55. The van der Waals surface area contributed by atoms with Crippen molar-refractivity contribution < 1.29 is 10.0 Å². The number of hydrogen-bond donors (Lipinski definition) is 1. The van der Waals surface area contributed by atoms with Gasteiger partial charge in [-0.05, 0) is 11.3 Å². The smallest absolute Gasteiger partial charge is 0.269 e. The highest BCUT2D eigenvalue weighted by Gasteiger charge is 2.12. The summed E-state index contributed by atoms with van der Waals surface area (Å²) in [7, 11) is 0. The number of aliphatic hydroxyl groups excluding tert-OH is 1. The second kappa shape index (κ2) is 6.49. The van der Waals surface area contributed by atoms with E-state index in [2.05, 4.69) is 10.2 Å². The van der Waals surface area contributed by atoms with Crippen LogP contribution in [0.15, 0.2) is 29.4 Å². The predicted molar refractivity (Wildman–Crippen MR) is 74.5 cm³/mol. The van der Waals surface area contributed by atoms with E-state index in [4.69, 9.17) is 0 Å². The molecule has 0 spiro atoms. The number of rotatable bonds is 6. The molecule has 0 atom stereocenters. The van der Waals surface area contributed by atoms with E-state index in [1.54, 1.807) is 12.1 Å². The van der Waals surface area contributed by atoms with Gasteiger partial charge in [0.15, 0.2) is 11.0 Å². The number of non-ortho nitro benzene ring substituents is 1. The summed E-state index contributed by atoms with van der Waals surface area (Å²) in [5, 5.41) is 28.6. The molecular formula is C12H14N4O3S. The molecule has 0 radical (unpaired) electrons. The van der Waals surface area contributed by atoms with Crippen molar-refractivity contribution >= 4 is 17.4 Å². The Morgan fingerprint density at radius 3 is 2.60 bits per heavy atom. The van der Waals surface area contributed by atoms with Crippen LogP contribution in [0, 0.1) is 10.1 Å². The van der Waals surface area contributed by atoms with Crippen molar-refractivity contribution in [2.45, 2.75) is 25.2 Å². The van der Waals surface area contributed by atoms with Crippen LogP contribution in [0.5, 0.6) is 0 Å². The molecular weight excluding hydrogens is 280 g/mol. The van der Waals surface area contributed by atoms with Gasteiger partial charge in [-0.2, -0.15) is 0 Å². The largest absolute Gasteiger partial charge is 0.388 e. The lowest BCUT2D eigenvalue weighted by atomic mass is 10.2. The van der Waals surface area contributed by atoms with E-state index >= 15 is 0 Å². The van der Waals surface area contributed by atoms with Crippen LogP contribution in [-0.4, -0.2) is 30.5 Å². The van der Waals surface area contributed by atoms with E-state index < -0.39 is 4.92 Å². The maximum absolute atomic E-state index is 10.6. The Kier molecular flexibility index (Phi) is 4.70. The Morgan fingerprint density at radius 2 is 2.05 bits per heavy atom. The van der Waals surface area contributed by atoms with Crippen molar-refractivity contribution in [3.63, 3.8) is 0 Å². The molecule has 20 heavy (non-hydrogen) atoms. The SMILES string of the molecule is CCSc1nnc(CO)n1Cc1ccc([N+](=O)[O-])cc1. The van der Waals surface area contributed by atoms with E-state index in [0.29, 0.717) is 12.4 Å². The first-order valence-corrected chi connectivity index (χ1v) is 7.03. The van der Waals surface area contributed by atoms with Crippen LogP contribution in [0.2, 0.25) is 0 Å². The molecule has 2 aromatic rings. The summed E-state index contributed by atoms with van der Waals surface area (Å²) >= 11 is 1.54. The lowest BCUT2D eigenvalue weighted by Crippen LogP contribution is -2.06. The molecule has 0 aliphatic heterocycles. The third kappa shape index (κ3) is 3.14. The number of nitrogens with zero attached hydrogens (tertiary/aromatic N) is 4. The average molecular weight is 294 g/mol. The Bertz CT molecular complexity index is 597. The molecule has 0 aliphatic carbocycles. The summed E-state index contributed by atoms with van der Waals surface area (Å²) in [5.41, 5.74) is 0.950. The molecule has 0 amide bonds. The van der Waals surface area contributed by atoms with Crippen LogP contribution >= 0.6 is 11.8 Å². The molecule has 2 rings (SSSR count). The zero-order valence-electron chi connectivity index (χ0n) is 10.9. The van der Waals surface area contributed by atoms with Gasteiger partial charge in [0.2, 0.25) is 0 Å². The Morgan fingerprint density at radius 1 is 1.35 bits per heavy atom. The summed E-state index contributed by atoms with van der Waals surface area (Å²) in [4.78, 5) is 10.2. The maximum Gasteiger partial charge on any atom is 0.269 e. The van der Waals surface area contributed by atoms with Crippen molar-refractivity contribution in [1.29, 1.82) is 0 Å². The number of thioether (sulfide) groups is 1.